The van der Waals surface area contributed by atoms with Crippen LogP contribution in [-0.4, -0.2) is 41.9 Å². The van der Waals surface area contributed by atoms with E-state index in [0.29, 0.717) is 6.04 Å². The zero-order valence-corrected chi connectivity index (χ0v) is 9.55. The van der Waals surface area contributed by atoms with Gasteiger partial charge in [-0.1, -0.05) is 0 Å². The Morgan fingerprint density at radius 2 is 2.19 bits per heavy atom. The van der Waals surface area contributed by atoms with E-state index in [0.717, 1.165) is 24.4 Å². The maximum atomic E-state index is 5.25. The number of nitrogens with zero attached hydrogens (tertiary/aromatic N) is 3. The summed E-state index contributed by atoms with van der Waals surface area (Å²) in [6.45, 7) is 2.15. The van der Waals surface area contributed by atoms with Crippen molar-refractivity contribution >= 4 is 10.9 Å². The summed E-state index contributed by atoms with van der Waals surface area (Å²) in [4.78, 5) is 2.29. The third-order valence-corrected chi connectivity index (χ3v) is 3.20. The van der Waals surface area contributed by atoms with Gasteiger partial charge < -0.3 is 9.64 Å². The lowest BCUT2D eigenvalue weighted by Crippen LogP contribution is -2.45. The van der Waals surface area contributed by atoms with Gasteiger partial charge >= 0.3 is 0 Å². The Morgan fingerprint density at radius 1 is 1.38 bits per heavy atom. The van der Waals surface area contributed by atoms with Crippen LogP contribution in [0.2, 0.25) is 0 Å². The monoisotopic (exact) mass is 217 g/mol. The van der Waals surface area contributed by atoms with Crippen LogP contribution in [0.15, 0.2) is 24.4 Å². The minimum absolute atomic E-state index is 0.509. The molecular weight excluding hydrogens is 202 g/mol. The normalized spacial score (nSPS) is 17.6. The second-order valence-electron chi connectivity index (χ2n) is 4.39. The Labute approximate surface area is 94.4 Å². The van der Waals surface area contributed by atoms with Crippen molar-refractivity contribution in [2.45, 2.75) is 6.04 Å². The minimum Gasteiger partial charge on any atom is -0.497 e. The van der Waals surface area contributed by atoms with Crippen molar-refractivity contribution in [3.8, 4) is 5.75 Å². The molecule has 0 aliphatic carbocycles. The summed E-state index contributed by atoms with van der Waals surface area (Å²) in [6.07, 6.45) is 1.92. The first kappa shape index (κ1) is 9.66. The highest BCUT2D eigenvalue weighted by atomic mass is 16.5. The predicted molar refractivity (Wildman–Crippen MR) is 62.8 cm³/mol. The van der Waals surface area contributed by atoms with Crippen LogP contribution in [0.25, 0.3) is 10.9 Å². The number of benzene rings is 1. The zero-order valence-electron chi connectivity index (χ0n) is 9.55. The van der Waals surface area contributed by atoms with Gasteiger partial charge in [0, 0.05) is 24.5 Å². The molecular formula is C12H15N3O. The highest BCUT2D eigenvalue weighted by Crippen LogP contribution is 2.26. The third kappa shape index (κ3) is 1.38. The molecule has 1 aliphatic rings. The predicted octanol–water partition coefficient (Wildman–Crippen LogP) is 1.53. The molecule has 0 radical (unpaired) electrons. The SMILES string of the molecule is COc1ccc2cnn(C3CN(C)C3)c2c1. The van der Waals surface area contributed by atoms with E-state index in [2.05, 4.69) is 33.9 Å². The van der Waals surface area contributed by atoms with Crippen LogP contribution in [0.5, 0.6) is 5.75 Å². The van der Waals surface area contributed by atoms with E-state index in [9.17, 15) is 0 Å². The summed E-state index contributed by atoms with van der Waals surface area (Å²) in [5, 5.41) is 5.64. The van der Waals surface area contributed by atoms with Crippen LogP contribution in [0.3, 0.4) is 0 Å². The highest BCUT2D eigenvalue weighted by molar-refractivity contribution is 5.80. The van der Waals surface area contributed by atoms with Crippen molar-refractivity contribution in [2.24, 2.45) is 0 Å². The van der Waals surface area contributed by atoms with E-state index in [1.165, 1.54) is 5.39 Å². The summed E-state index contributed by atoms with van der Waals surface area (Å²) in [5.41, 5.74) is 1.16. The second-order valence-corrected chi connectivity index (χ2v) is 4.39. The third-order valence-electron chi connectivity index (χ3n) is 3.20. The van der Waals surface area contributed by atoms with E-state index in [-0.39, 0.29) is 0 Å². The fourth-order valence-corrected chi connectivity index (χ4v) is 2.26. The van der Waals surface area contributed by atoms with Gasteiger partial charge in [0.2, 0.25) is 0 Å². The molecule has 0 amide bonds. The summed E-state index contributed by atoms with van der Waals surface area (Å²) in [6, 6.07) is 6.59. The Balaban J connectivity index is 2.04. The molecule has 2 heterocycles. The van der Waals surface area contributed by atoms with Crippen LogP contribution in [0, 0.1) is 0 Å². The van der Waals surface area contributed by atoms with Crippen molar-refractivity contribution in [1.29, 1.82) is 0 Å². The van der Waals surface area contributed by atoms with Gasteiger partial charge in [-0.25, -0.2) is 0 Å². The standard InChI is InChI=1S/C12H15N3O/c1-14-7-10(8-14)15-12-5-11(16-2)4-3-9(12)6-13-15/h3-6,10H,7-8H2,1-2H3. The number of hydrogen-bond donors (Lipinski definition) is 0. The molecule has 0 bridgehead atoms. The maximum Gasteiger partial charge on any atom is 0.121 e. The Hall–Kier alpha value is -1.55. The van der Waals surface area contributed by atoms with Gasteiger partial charge in [-0.3, -0.25) is 4.68 Å². The lowest BCUT2D eigenvalue weighted by molar-refractivity contribution is 0.134. The number of aromatic nitrogens is 2. The maximum absolute atomic E-state index is 5.25. The number of hydrogen-bond acceptors (Lipinski definition) is 3. The quantitative estimate of drug-likeness (QED) is 0.764. The van der Waals surface area contributed by atoms with Gasteiger partial charge in [-0.2, -0.15) is 5.10 Å². The molecule has 1 aromatic carbocycles. The van der Waals surface area contributed by atoms with E-state index in [1.807, 2.05) is 12.3 Å². The second kappa shape index (κ2) is 3.49. The van der Waals surface area contributed by atoms with Crippen LogP contribution < -0.4 is 4.74 Å². The number of ether oxygens (including phenoxy) is 1. The van der Waals surface area contributed by atoms with Crippen molar-refractivity contribution < 1.29 is 4.74 Å². The van der Waals surface area contributed by atoms with Gasteiger partial charge in [-0.15, -0.1) is 0 Å². The Kier molecular flexibility index (Phi) is 2.11. The summed E-state index contributed by atoms with van der Waals surface area (Å²) in [5.74, 6) is 0.891. The molecule has 1 aliphatic heterocycles. The lowest BCUT2D eigenvalue weighted by Gasteiger charge is -2.36. The number of likely N-dealkylation sites (tertiary alicyclic amines) is 1. The lowest BCUT2D eigenvalue weighted by atomic mass is 10.1. The fraction of sp³-hybridized carbons (Fsp3) is 0.417. The van der Waals surface area contributed by atoms with Crippen molar-refractivity contribution in [3.63, 3.8) is 0 Å². The van der Waals surface area contributed by atoms with Gasteiger partial charge in [0.1, 0.15) is 5.75 Å². The van der Waals surface area contributed by atoms with Crippen LogP contribution in [-0.2, 0) is 0 Å². The Morgan fingerprint density at radius 3 is 2.88 bits per heavy atom. The molecule has 1 fully saturated rings. The molecule has 4 heteroatoms. The number of fused-ring (bicyclic) bond motifs is 1. The molecule has 1 saturated heterocycles. The topological polar surface area (TPSA) is 30.3 Å². The average molecular weight is 217 g/mol. The summed E-state index contributed by atoms with van der Waals surface area (Å²) in [7, 11) is 3.82. The molecule has 0 saturated carbocycles. The first-order valence-electron chi connectivity index (χ1n) is 5.48. The molecule has 0 atom stereocenters. The molecule has 0 unspecified atom stereocenters. The highest BCUT2D eigenvalue weighted by Gasteiger charge is 2.26. The molecule has 84 valence electrons. The van der Waals surface area contributed by atoms with E-state index >= 15 is 0 Å². The van der Waals surface area contributed by atoms with Crippen molar-refractivity contribution in [1.82, 2.24) is 14.7 Å². The molecule has 0 spiro atoms. The molecule has 2 aromatic rings. The van der Waals surface area contributed by atoms with Gasteiger partial charge in [0.25, 0.3) is 0 Å². The molecule has 0 N–H and O–H groups in total. The number of rotatable bonds is 2. The number of methoxy groups -OCH3 is 1. The fourth-order valence-electron chi connectivity index (χ4n) is 2.26. The van der Waals surface area contributed by atoms with Gasteiger partial charge in [0.15, 0.2) is 0 Å². The smallest absolute Gasteiger partial charge is 0.121 e. The summed E-state index contributed by atoms with van der Waals surface area (Å²) < 4.78 is 7.36. The van der Waals surface area contributed by atoms with Crippen molar-refractivity contribution in [3.05, 3.63) is 24.4 Å². The van der Waals surface area contributed by atoms with Crippen LogP contribution >= 0.6 is 0 Å². The minimum atomic E-state index is 0.509. The van der Waals surface area contributed by atoms with Crippen molar-refractivity contribution in [2.75, 3.05) is 27.2 Å². The zero-order chi connectivity index (χ0) is 11.1. The average Bonchev–Trinajstić information content (AvgIpc) is 2.67. The Bertz CT molecular complexity index is 514. The largest absolute Gasteiger partial charge is 0.497 e. The van der Waals surface area contributed by atoms with E-state index in [4.69, 9.17) is 4.74 Å². The molecule has 1 aromatic heterocycles. The van der Waals surface area contributed by atoms with Crippen LogP contribution in [0.4, 0.5) is 0 Å². The number of likely N-dealkylation sites (N-methyl/N-ethyl adjacent to an activating group) is 1. The van der Waals surface area contributed by atoms with E-state index < -0.39 is 0 Å². The van der Waals surface area contributed by atoms with Crippen LogP contribution in [0.1, 0.15) is 6.04 Å². The van der Waals surface area contributed by atoms with Gasteiger partial charge in [-0.05, 0) is 19.2 Å². The first-order valence-corrected chi connectivity index (χ1v) is 5.48. The van der Waals surface area contributed by atoms with Gasteiger partial charge in [0.05, 0.1) is 24.9 Å². The molecule has 4 nitrogen and oxygen atoms in total. The molecule has 3 rings (SSSR count). The summed E-state index contributed by atoms with van der Waals surface area (Å²) >= 11 is 0. The molecule has 16 heavy (non-hydrogen) atoms. The van der Waals surface area contributed by atoms with E-state index in [1.54, 1.807) is 7.11 Å². The first-order chi connectivity index (χ1) is 7.78.